The van der Waals surface area contributed by atoms with E-state index in [9.17, 15) is 12.8 Å². The van der Waals surface area contributed by atoms with Crippen LogP contribution in [0.5, 0.6) is 0 Å². The standard InChI is InChI=1S/C18H22FN3O3S/c1-12(2)16-15(6-5-11-23)17(13-7-9-14(19)10-8-13)21-18(20-16)22(3)26(4,24)25/h5,7-12,23H,6H2,1-4H3. The summed E-state index contributed by atoms with van der Waals surface area (Å²) in [4.78, 5) is 8.87. The summed E-state index contributed by atoms with van der Waals surface area (Å²) < 4.78 is 38.2. The summed E-state index contributed by atoms with van der Waals surface area (Å²) in [6, 6.07) is 5.80. The molecule has 6 nitrogen and oxygen atoms in total. The number of hydrogen-bond donors (Lipinski definition) is 1. The van der Waals surface area contributed by atoms with Gasteiger partial charge in [0, 0.05) is 18.2 Å². The minimum atomic E-state index is -3.54. The molecule has 0 amide bonds. The molecule has 140 valence electrons. The van der Waals surface area contributed by atoms with E-state index >= 15 is 0 Å². The Kier molecular flexibility index (Phi) is 5.97. The Labute approximate surface area is 153 Å². The molecule has 8 heteroatoms. The van der Waals surface area contributed by atoms with Gasteiger partial charge in [0.25, 0.3) is 0 Å². The monoisotopic (exact) mass is 379 g/mol. The van der Waals surface area contributed by atoms with Crippen LogP contribution in [0, 0.1) is 5.82 Å². The van der Waals surface area contributed by atoms with Crippen LogP contribution in [0.1, 0.15) is 31.0 Å². The van der Waals surface area contributed by atoms with Crippen molar-refractivity contribution < 1.29 is 17.9 Å². The van der Waals surface area contributed by atoms with Crippen molar-refractivity contribution in [3.8, 4) is 11.3 Å². The second-order valence-electron chi connectivity index (χ2n) is 6.22. The van der Waals surface area contributed by atoms with Crippen molar-refractivity contribution in [3.05, 3.63) is 53.7 Å². The summed E-state index contributed by atoms with van der Waals surface area (Å²) in [5.74, 6) is -0.338. The number of aromatic nitrogens is 2. The Hall–Kier alpha value is -2.48. The van der Waals surface area contributed by atoms with E-state index in [0.717, 1.165) is 22.4 Å². The number of rotatable bonds is 6. The van der Waals surface area contributed by atoms with Gasteiger partial charge in [-0.3, -0.25) is 0 Å². The molecule has 0 aliphatic heterocycles. The minimum absolute atomic E-state index is 0.00833. The first kappa shape index (κ1) is 19.8. The topological polar surface area (TPSA) is 83.4 Å². The molecule has 0 unspecified atom stereocenters. The summed E-state index contributed by atoms with van der Waals surface area (Å²) in [5.41, 5.74) is 2.57. The lowest BCUT2D eigenvalue weighted by molar-refractivity contribution is 0.471. The van der Waals surface area contributed by atoms with Crippen LogP contribution in [0.3, 0.4) is 0 Å². The van der Waals surface area contributed by atoms with Gasteiger partial charge in [-0.2, -0.15) is 0 Å². The van der Waals surface area contributed by atoms with Gasteiger partial charge < -0.3 is 5.11 Å². The lowest BCUT2D eigenvalue weighted by Crippen LogP contribution is -2.27. The SMILES string of the molecule is CC(C)c1nc(N(C)S(C)(=O)=O)nc(-c2ccc(F)cc2)c1CC=CO. The van der Waals surface area contributed by atoms with Gasteiger partial charge in [0.1, 0.15) is 5.82 Å². The van der Waals surface area contributed by atoms with Crippen molar-refractivity contribution in [3.63, 3.8) is 0 Å². The fourth-order valence-corrected chi connectivity index (χ4v) is 2.85. The number of hydrogen-bond acceptors (Lipinski definition) is 5. The zero-order valence-electron chi connectivity index (χ0n) is 15.1. The van der Waals surface area contributed by atoms with Crippen LogP contribution >= 0.6 is 0 Å². The van der Waals surface area contributed by atoms with E-state index in [1.807, 2.05) is 13.8 Å². The number of anilines is 1. The van der Waals surface area contributed by atoms with Gasteiger partial charge in [0.2, 0.25) is 16.0 Å². The molecular formula is C18H22FN3O3S. The highest BCUT2D eigenvalue weighted by molar-refractivity contribution is 7.92. The Morgan fingerprint density at radius 3 is 2.35 bits per heavy atom. The fourth-order valence-electron chi connectivity index (χ4n) is 2.47. The van der Waals surface area contributed by atoms with Gasteiger partial charge in [-0.05, 0) is 42.7 Å². The molecule has 0 bridgehead atoms. The van der Waals surface area contributed by atoms with Crippen LogP contribution in [0.2, 0.25) is 0 Å². The second-order valence-corrected chi connectivity index (χ2v) is 8.23. The molecule has 1 aromatic carbocycles. The van der Waals surface area contributed by atoms with Crippen LogP contribution in [0.4, 0.5) is 10.3 Å². The highest BCUT2D eigenvalue weighted by Crippen LogP contribution is 2.31. The number of sulfonamides is 1. The number of allylic oxidation sites excluding steroid dienone is 1. The molecule has 0 aliphatic rings. The van der Waals surface area contributed by atoms with Gasteiger partial charge >= 0.3 is 0 Å². The summed E-state index contributed by atoms with van der Waals surface area (Å²) in [6.45, 7) is 3.88. The summed E-state index contributed by atoms with van der Waals surface area (Å²) >= 11 is 0. The average molecular weight is 379 g/mol. The number of aliphatic hydroxyl groups is 1. The molecule has 0 spiro atoms. The lowest BCUT2D eigenvalue weighted by atomic mass is 9.96. The molecule has 26 heavy (non-hydrogen) atoms. The Morgan fingerprint density at radius 2 is 1.85 bits per heavy atom. The molecule has 0 saturated carbocycles. The van der Waals surface area contributed by atoms with Gasteiger partial charge in [-0.15, -0.1) is 0 Å². The molecule has 2 aromatic rings. The third kappa shape index (κ3) is 4.37. The van der Waals surface area contributed by atoms with Crippen LogP contribution in [-0.2, 0) is 16.4 Å². The van der Waals surface area contributed by atoms with E-state index < -0.39 is 10.0 Å². The Bertz CT molecular complexity index is 910. The Balaban J connectivity index is 2.78. The predicted molar refractivity (Wildman–Crippen MR) is 100 cm³/mol. The van der Waals surface area contributed by atoms with E-state index in [-0.39, 0.29) is 17.7 Å². The molecule has 1 aromatic heterocycles. The highest BCUT2D eigenvalue weighted by Gasteiger charge is 2.22. The normalized spacial score (nSPS) is 12.1. The first-order valence-corrected chi connectivity index (χ1v) is 9.89. The molecule has 0 atom stereocenters. The maximum Gasteiger partial charge on any atom is 0.239 e. The van der Waals surface area contributed by atoms with Gasteiger partial charge in [-0.25, -0.2) is 27.1 Å². The number of aliphatic hydroxyl groups excluding tert-OH is 1. The maximum absolute atomic E-state index is 13.3. The molecule has 0 radical (unpaired) electrons. The Morgan fingerprint density at radius 1 is 1.23 bits per heavy atom. The molecule has 0 saturated heterocycles. The van der Waals surface area contributed by atoms with Gasteiger partial charge in [0.05, 0.1) is 23.9 Å². The van der Waals surface area contributed by atoms with E-state index in [2.05, 4.69) is 9.97 Å². The lowest BCUT2D eigenvalue weighted by Gasteiger charge is -2.21. The minimum Gasteiger partial charge on any atom is -0.516 e. The average Bonchev–Trinajstić information content (AvgIpc) is 2.58. The quantitative estimate of drug-likeness (QED) is 0.778. The van der Waals surface area contributed by atoms with Crippen LogP contribution in [0.25, 0.3) is 11.3 Å². The number of halogens is 1. The van der Waals surface area contributed by atoms with Crippen molar-refractivity contribution >= 4 is 16.0 Å². The molecule has 2 rings (SSSR count). The van der Waals surface area contributed by atoms with Crippen LogP contribution in [-0.4, -0.2) is 36.8 Å². The van der Waals surface area contributed by atoms with Crippen molar-refractivity contribution in [2.45, 2.75) is 26.2 Å². The zero-order valence-corrected chi connectivity index (χ0v) is 16.0. The van der Waals surface area contributed by atoms with Crippen molar-refractivity contribution in [1.82, 2.24) is 9.97 Å². The first-order chi connectivity index (χ1) is 12.1. The third-order valence-corrected chi connectivity index (χ3v) is 5.06. The maximum atomic E-state index is 13.3. The second kappa shape index (κ2) is 7.82. The van der Waals surface area contributed by atoms with Crippen LogP contribution in [0.15, 0.2) is 36.6 Å². The van der Waals surface area contributed by atoms with Gasteiger partial charge in [0.15, 0.2) is 0 Å². The van der Waals surface area contributed by atoms with Crippen molar-refractivity contribution in [2.24, 2.45) is 0 Å². The van der Waals surface area contributed by atoms with E-state index in [0.29, 0.717) is 23.4 Å². The van der Waals surface area contributed by atoms with Crippen molar-refractivity contribution in [1.29, 1.82) is 0 Å². The van der Waals surface area contributed by atoms with Crippen LogP contribution < -0.4 is 4.31 Å². The number of benzene rings is 1. The molecular weight excluding hydrogens is 357 g/mol. The highest BCUT2D eigenvalue weighted by atomic mass is 32.2. The first-order valence-electron chi connectivity index (χ1n) is 8.05. The van der Waals surface area contributed by atoms with Crippen molar-refractivity contribution in [2.75, 3.05) is 17.6 Å². The molecule has 0 fully saturated rings. The molecule has 0 aliphatic carbocycles. The number of nitrogens with zero attached hydrogens (tertiary/aromatic N) is 3. The largest absolute Gasteiger partial charge is 0.516 e. The zero-order chi connectivity index (χ0) is 19.5. The molecule has 1 heterocycles. The van der Waals surface area contributed by atoms with E-state index in [4.69, 9.17) is 5.11 Å². The third-order valence-electron chi connectivity index (χ3n) is 3.90. The summed E-state index contributed by atoms with van der Waals surface area (Å²) in [7, 11) is -2.15. The fraction of sp³-hybridized carbons (Fsp3) is 0.333. The smallest absolute Gasteiger partial charge is 0.239 e. The van der Waals surface area contributed by atoms with E-state index in [1.54, 1.807) is 18.2 Å². The summed E-state index contributed by atoms with van der Waals surface area (Å²) in [6.07, 6.45) is 3.93. The molecule has 1 N–H and O–H groups in total. The predicted octanol–water partition coefficient (Wildman–Crippen LogP) is 3.42. The summed E-state index contributed by atoms with van der Waals surface area (Å²) in [5, 5.41) is 9.05. The van der Waals surface area contributed by atoms with Gasteiger partial charge in [-0.1, -0.05) is 13.8 Å². The van der Waals surface area contributed by atoms with E-state index in [1.165, 1.54) is 19.2 Å².